The molecule has 0 saturated carbocycles. The van der Waals surface area contributed by atoms with Crippen LogP contribution in [0, 0.1) is 0 Å². The SMILES string of the molecule is CCc1cc(=O)n2nc(Oc3ccc4c(c3)OC(=O)CC4C)sc2n1. The van der Waals surface area contributed by atoms with Gasteiger partial charge < -0.3 is 9.47 Å². The first-order valence-corrected chi connectivity index (χ1v) is 8.77. The summed E-state index contributed by atoms with van der Waals surface area (Å²) in [5.41, 5.74) is 1.46. The first-order valence-electron chi connectivity index (χ1n) is 7.95. The number of carbonyl (C=O) groups is 1. The van der Waals surface area contributed by atoms with Gasteiger partial charge in [0.1, 0.15) is 11.5 Å². The number of ether oxygens (including phenoxy) is 2. The Morgan fingerprint density at radius 1 is 1.36 bits per heavy atom. The Morgan fingerprint density at radius 3 is 3.00 bits per heavy atom. The van der Waals surface area contributed by atoms with Crippen molar-refractivity contribution in [2.24, 2.45) is 0 Å². The number of nitrogens with zero attached hydrogens (tertiary/aromatic N) is 3. The number of aryl methyl sites for hydroxylation is 1. The molecule has 25 heavy (non-hydrogen) atoms. The van der Waals surface area contributed by atoms with Crippen molar-refractivity contribution >= 4 is 22.3 Å². The topological polar surface area (TPSA) is 82.8 Å². The van der Waals surface area contributed by atoms with E-state index in [2.05, 4.69) is 10.1 Å². The second kappa shape index (κ2) is 5.96. The highest BCUT2D eigenvalue weighted by Crippen LogP contribution is 2.37. The van der Waals surface area contributed by atoms with Gasteiger partial charge >= 0.3 is 5.97 Å². The molecule has 0 aliphatic carbocycles. The van der Waals surface area contributed by atoms with Crippen LogP contribution in [0.2, 0.25) is 0 Å². The van der Waals surface area contributed by atoms with Crippen molar-refractivity contribution in [1.82, 2.24) is 14.6 Å². The van der Waals surface area contributed by atoms with Crippen molar-refractivity contribution in [2.45, 2.75) is 32.6 Å². The largest absolute Gasteiger partial charge is 0.430 e. The molecule has 0 radical (unpaired) electrons. The smallest absolute Gasteiger partial charge is 0.311 e. The van der Waals surface area contributed by atoms with Crippen LogP contribution in [0.4, 0.5) is 0 Å². The fraction of sp³-hybridized carbons (Fsp3) is 0.294. The molecule has 1 unspecified atom stereocenters. The van der Waals surface area contributed by atoms with Gasteiger partial charge in [-0.05, 0) is 35.3 Å². The van der Waals surface area contributed by atoms with Crippen LogP contribution in [0.15, 0.2) is 29.1 Å². The van der Waals surface area contributed by atoms with Crippen molar-refractivity contribution in [1.29, 1.82) is 0 Å². The molecule has 0 N–H and O–H groups in total. The van der Waals surface area contributed by atoms with E-state index in [0.717, 1.165) is 11.3 Å². The molecule has 3 aromatic rings. The lowest BCUT2D eigenvalue weighted by atomic mass is 9.95. The number of hydrogen-bond acceptors (Lipinski definition) is 7. The van der Waals surface area contributed by atoms with E-state index in [1.54, 1.807) is 12.1 Å². The summed E-state index contributed by atoms with van der Waals surface area (Å²) >= 11 is 1.19. The van der Waals surface area contributed by atoms with Crippen molar-refractivity contribution in [3.63, 3.8) is 0 Å². The molecule has 1 aliphatic rings. The van der Waals surface area contributed by atoms with Gasteiger partial charge in [-0.15, -0.1) is 5.10 Å². The minimum absolute atomic E-state index is 0.114. The van der Waals surface area contributed by atoms with Gasteiger partial charge in [-0.2, -0.15) is 4.52 Å². The number of carbonyl (C=O) groups excluding carboxylic acids is 1. The molecular weight excluding hydrogens is 342 g/mol. The maximum atomic E-state index is 12.0. The van der Waals surface area contributed by atoms with Gasteiger partial charge in [0.05, 0.1) is 6.42 Å². The van der Waals surface area contributed by atoms with Gasteiger partial charge in [0.15, 0.2) is 0 Å². The molecule has 1 aromatic carbocycles. The van der Waals surface area contributed by atoms with Crippen LogP contribution in [0.3, 0.4) is 0 Å². The second-order valence-corrected chi connectivity index (χ2v) is 6.80. The Morgan fingerprint density at radius 2 is 2.20 bits per heavy atom. The predicted octanol–water partition coefficient (Wildman–Crippen LogP) is 2.92. The quantitative estimate of drug-likeness (QED) is 0.529. The maximum Gasteiger partial charge on any atom is 0.311 e. The zero-order chi connectivity index (χ0) is 17.6. The Hall–Kier alpha value is -2.74. The van der Waals surface area contributed by atoms with Gasteiger partial charge in [0.2, 0.25) is 4.96 Å². The zero-order valence-corrected chi connectivity index (χ0v) is 14.5. The number of aromatic nitrogens is 3. The average Bonchev–Trinajstić information content (AvgIpc) is 2.97. The summed E-state index contributed by atoms with van der Waals surface area (Å²) in [6, 6.07) is 6.82. The summed E-state index contributed by atoms with van der Waals surface area (Å²) in [5.74, 6) is 0.859. The third-order valence-corrected chi connectivity index (χ3v) is 4.85. The first kappa shape index (κ1) is 15.8. The van der Waals surface area contributed by atoms with Crippen LogP contribution < -0.4 is 15.0 Å². The van der Waals surface area contributed by atoms with Crippen LogP contribution in [-0.2, 0) is 11.2 Å². The highest BCUT2D eigenvalue weighted by atomic mass is 32.1. The van der Waals surface area contributed by atoms with Crippen molar-refractivity contribution in [2.75, 3.05) is 0 Å². The molecule has 0 bridgehead atoms. The van der Waals surface area contributed by atoms with Crippen LogP contribution in [0.1, 0.15) is 37.4 Å². The molecule has 0 amide bonds. The lowest BCUT2D eigenvalue weighted by molar-refractivity contribution is -0.135. The summed E-state index contributed by atoms with van der Waals surface area (Å²) < 4.78 is 12.3. The van der Waals surface area contributed by atoms with E-state index in [1.807, 2.05) is 19.9 Å². The van der Waals surface area contributed by atoms with E-state index in [9.17, 15) is 9.59 Å². The van der Waals surface area contributed by atoms with Gasteiger partial charge in [-0.1, -0.05) is 19.9 Å². The molecule has 0 spiro atoms. The van der Waals surface area contributed by atoms with Gasteiger partial charge in [0, 0.05) is 17.8 Å². The fourth-order valence-electron chi connectivity index (χ4n) is 2.76. The molecule has 3 heterocycles. The molecule has 7 nitrogen and oxygen atoms in total. The van der Waals surface area contributed by atoms with E-state index in [0.29, 0.717) is 34.5 Å². The zero-order valence-electron chi connectivity index (χ0n) is 13.7. The molecule has 128 valence electrons. The second-order valence-electron chi connectivity index (χ2n) is 5.88. The highest BCUT2D eigenvalue weighted by molar-refractivity contribution is 7.18. The molecule has 0 saturated heterocycles. The van der Waals surface area contributed by atoms with Crippen LogP contribution >= 0.6 is 11.3 Å². The van der Waals surface area contributed by atoms with Gasteiger partial charge in [0.25, 0.3) is 10.8 Å². The van der Waals surface area contributed by atoms with E-state index < -0.39 is 0 Å². The summed E-state index contributed by atoms with van der Waals surface area (Å²) in [7, 11) is 0. The van der Waals surface area contributed by atoms with E-state index in [4.69, 9.17) is 9.47 Å². The molecule has 1 atom stereocenters. The van der Waals surface area contributed by atoms with Gasteiger partial charge in [-0.3, -0.25) is 9.59 Å². The molecule has 8 heteroatoms. The van der Waals surface area contributed by atoms with E-state index in [-0.39, 0.29) is 17.4 Å². The minimum Gasteiger partial charge on any atom is -0.430 e. The monoisotopic (exact) mass is 357 g/mol. The van der Waals surface area contributed by atoms with Crippen LogP contribution in [0.25, 0.3) is 4.96 Å². The lowest BCUT2D eigenvalue weighted by Gasteiger charge is -2.21. The number of esters is 1. The molecule has 0 fully saturated rings. The summed E-state index contributed by atoms with van der Waals surface area (Å²) in [5, 5.41) is 4.45. The third kappa shape index (κ3) is 2.89. The lowest BCUT2D eigenvalue weighted by Crippen LogP contribution is -2.18. The normalized spacial score (nSPS) is 16.6. The average molecular weight is 357 g/mol. The maximum absolute atomic E-state index is 12.0. The highest BCUT2D eigenvalue weighted by Gasteiger charge is 2.24. The van der Waals surface area contributed by atoms with Crippen molar-refractivity contribution < 1.29 is 14.3 Å². The Kier molecular flexibility index (Phi) is 3.76. The van der Waals surface area contributed by atoms with E-state index in [1.165, 1.54) is 21.9 Å². The molecule has 1 aliphatic heterocycles. The number of rotatable bonds is 3. The number of hydrogen-bond donors (Lipinski definition) is 0. The Labute approximate surface area is 146 Å². The molecule has 2 aromatic heterocycles. The van der Waals surface area contributed by atoms with Crippen molar-refractivity contribution in [3.05, 3.63) is 45.9 Å². The Balaban J connectivity index is 1.67. The molecular formula is C17H15N3O4S. The minimum atomic E-state index is -0.250. The van der Waals surface area contributed by atoms with Crippen molar-refractivity contribution in [3.8, 4) is 16.7 Å². The van der Waals surface area contributed by atoms with E-state index >= 15 is 0 Å². The van der Waals surface area contributed by atoms with Crippen LogP contribution in [-0.4, -0.2) is 20.6 Å². The number of benzene rings is 1. The van der Waals surface area contributed by atoms with Gasteiger partial charge in [-0.25, -0.2) is 4.98 Å². The first-order chi connectivity index (χ1) is 12.0. The molecule has 4 rings (SSSR count). The summed E-state index contributed by atoms with van der Waals surface area (Å²) in [6.45, 7) is 3.92. The summed E-state index contributed by atoms with van der Waals surface area (Å²) in [4.78, 5) is 28.5. The number of fused-ring (bicyclic) bond motifs is 2. The Bertz CT molecular complexity index is 1040. The standard InChI is InChI=1S/C17H15N3O4S/c1-3-10-7-14(21)20-16(18-10)25-17(19-20)23-11-4-5-12-9(2)6-15(22)24-13(12)8-11/h4-5,7-9H,3,6H2,1-2H3. The fourth-order valence-corrected chi connectivity index (χ4v) is 3.56. The van der Waals surface area contributed by atoms with Crippen LogP contribution in [0.5, 0.6) is 16.7 Å². The summed E-state index contributed by atoms with van der Waals surface area (Å²) in [6.07, 6.45) is 1.05. The third-order valence-electron chi connectivity index (χ3n) is 4.06. The predicted molar refractivity (Wildman–Crippen MR) is 91.7 cm³/mol.